The molecule has 0 aromatic rings. The molecule has 0 fully saturated rings. The molecule has 0 saturated carbocycles. The van der Waals surface area contributed by atoms with Gasteiger partial charge < -0.3 is 16.8 Å². The molecule has 0 aliphatic rings. The van der Waals surface area contributed by atoms with Crippen molar-refractivity contribution in [2.24, 2.45) is 16.5 Å². The molecular weight excluding hydrogens is 216 g/mol. The van der Waals surface area contributed by atoms with E-state index in [9.17, 15) is 14.9 Å². The van der Waals surface area contributed by atoms with Crippen molar-refractivity contribution < 1.29 is 9.83 Å². The average Bonchev–Trinajstić information content (AvgIpc) is 2.16. The first kappa shape index (κ1) is 14.1. The minimum absolute atomic E-state index is 0.0178. The van der Waals surface area contributed by atoms with E-state index < -0.39 is 17.0 Å². The fourth-order valence-electron chi connectivity index (χ4n) is 1.08. The second kappa shape index (κ2) is 7.40. The molecule has 0 spiro atoms. The molecule has 6 N–H and O–H groups in total. The van der Waals surface area contributed by atoms with Crippen LogP contribution in [0.2, 0.25) is 0 Å². The Morgan fingerprint density at radius 2 is 2.19 bits per heavy atom. The van der Waals surface area contributed by atoms with Gasteiger partial charge in [0.15, 0.2) is 11.0 Å². The first-order chi connectivity index (χ1) is 7.47. The van der Waals surface area contributed by atoms with E-state index >= 15 is 0 Å². The van der Waals surface area contributed by atoms with Crippen LogP contribution < -0.4 is 22.2 Å². The minimum Gasteiger partial charge on any atom is -0.370 e. The monoisotopic (exact) mass is 232 g/mol. The predicted octanol–water partition coefficient (Wildman–Crippen LogP) is -2.06. The summed E-state index contributed by atoms with van der Waals surface area (Å²) in [5.41, 5.74) is 11.8. The highest BCUT2D eigenvalue weighted by Crippen LogP contribution is 1.97. The van der Waals surface area contributed by atoms with E-state index in [1.165, 1.54) is 0 Å². The highest BCUT2D eigenvalue weighted by atomic mass is 16.7. The molecule has 0 aliphatic heterocycles. The number of aliphatic imine (C=N–C) groups is 1. The molecule has 92 valence electrons. The second-order valence-corrected chi connectivity index (χ2v) is 3.02. The predicted molar refractivity (Wildman–Crippen MR) is 57.9 cm³/mol. The lowest BCUT2D eigenvalue weighted by atomic mass is 10.1. The summed E-state index contributed by atoms with van der Waals surface area (Å²) < 4.78 is 0. The van der Waals surface area contributed by atoms with Crippen molar-refractivity contribution in [3.05, 3.63) is 10.1 Å². The lowest BCUT2D eigenvalue weighted by Gasteiger charge is -2.11. The third-order valence-corrected chi connectivity index (χ3v) is 1.81. The fraction of sp³-hybridized carbons (Fsp3) is 0.714. The Morgan fingerprint density at radius 3 is 2.62 bits per heavy atom. The number of nitrogens with zero attached hydrogens (tertiary/aromatic N) is 2. The Hall–Kier alpha value is -1.90. The van der Waals surface area contributed by atoms with Gasteiger partial charge in [-0.3, -0.25) is 9.79 Å². The van der Waals surface area contributed by atoms with Gasteiger partial charge in [0.25, 0.3) is 5.91 Å². The minimum atomic E-state index is -0.886. The zero-order chi connectivity index (χ0) is 12.6. The fourth-order valence-corrected chi connectivity index (χ4v) is 1.08. The van der Waals surface area contributed by atoms with Crippen molar-refractivity contribution in [2.45, 2.75) is 18.9 Å². The number of rotatable bonds is 7. The van der Waals surface area contributed by atoms with Gasteiger partial charge in [0, 0.05) is 6.54 Å². The van der Waals surface area contributed by atoms with E-state index in [4.69, 9.17) is 11.5 Å². The summed E-state index contributed by atoms with van der Waals surface area (Å²) in [6.45, 7) is 0.381. The standard InChI is InChI=1S/C7H16N6O3/c1-10-5(6(14)12-13(15)16)3-2-4-11-7(8)9/h5,10H,2-4H2,1H3,(H,12,14)(H4,8,9,11)/t5-/m0/s1. The number of guanidine groups is 1. The van der Waals surface area contributed by atoms with Crippen molar-refractivity contribution in [1.29, 1.82) is 0 Å². The van der Waals surface area contributed by atoms with Gasteiger partial charge >= 0.3 is 0 Å². The number of nitro groups is 1. The highest BCUT2D eigenvalue weighted by molar-refractivity contribution is 5.80. The second-order valence-electron chi connectivity index (χ2n) is 3.02. The van der Waals surface area contributed by atoms with Crippen LogP contribution in [-0.2, 0) is 4.79 Å². The Kier molecular flexibility index (Phi) is 6.52. The van der Waals surface area contributed by atoms with Gasteiger partial charge in [-0.1, -0.05) is 5.43 Å². The van der Waals surface area contributed by atoms with Crippen LogP contribution in [-0.4, -0.2) is 36.5 Å². The van der Waals surface area contributed by atoms with Crippen LogP contribution in [0.3, 0.4) is 0 Å². The SMILES string of the molecule is CN[C@@H](CCCN=C(N)N)C(=O)N[N+](=O)[O-]. The first-order valence-electron chi connectivity index (χ1n) is 4.65. The van der Waals surface area contributed by atoms with Crippen LogP contribution in [0.15, 0.2) is 4.99 Å². The van der Waals surface area contributed by atoms with Crippen molar-refractivity contribution >= 4 is 11.9 Å². The van der Waals surface area contributed by atoms with E-state index in [0.717, 1.165) is 0 Å². The van der Waals surface area contributed by atoms with Crippen molar-refractivity contribution in [3.63, 3.8) is 0 Å². The molecule has 0 aromatic carbocycles. The maximum Gasteiger partial charge on any atom is 0.297 e. The molecule has 0 saturated heterocycles. The number of nitrogens with two attached hydrogens (primary N) is 2. The van der Waals surface area contributed by atoms with Gasteiger partial charge in [-0.15, -0.1) is 0 Å². The molecule has 1 amide bonds. The third-order valence-electron chi connectivity index (χ3n) is 1.81. The van der Waals surface area contributed by atoms with E-state index in [0.29, 0.717) is 19.4 Å². The van der Waals surface area contributed by atoms with Gasteiger partial charge in [0.05, 0.1) is 6.04 Å². The zero-order valence-corrected chi connectivity index (χ0v) is 8.97. The number of carbonyl (C=O) groups excluding carboxylic acids is 1. The number of amides is 1. The number of nitrogens with one attached hydrogen (secondary N) is 2. The molecule has 0 heterocycles. The van der Waals surface area contributed by atoms with E-state index in [2.05, 4.69) is 10.3 Å². The maximum absolute atomic E-state index is 11.2. The topological polar surface area (TPSA) is 149 Å². The molecule has 0 aromatic heterocycles. The summed E-state index contributed by atoms with van der Waals surface area (Å²) in [6, 6.07) is -0.625. The zero-order valence-electron chi connectivity index (χ0n) is 8.97. The molecule has 0 rings (SSSR count). The number of hydrogen-bond donors (Lipinski definition) is 4. The van der Waals surface area contributed by atoms with Crippen LogP contribution in [0.4, 0.5) is 0 Å². The molecule has 0 aliphatic carbocycles. The van der Waals surface area contributed by atoms with E-state index in [1.54, 1.807) is 12.5 Å². The number of hydrogen-bond acceptors (Lipinski definition) is 5. The summed E-state index contributed by atoms with van der Waals surface area (Å²) in [5.74, 6) is -0.701. The molecule has 16 heavy (non-hydrogen) atoms. The van der Waals surface area contributed by atoms with E-state index in [1.807, 2.05) is 0 Å². The summed E-state index contributed by atoms with van der Waals surface area (Å²) in [4.78, 5) is 25.0. The summed E-state index contributed by atoms with van der Waals surface area (Å²) in [6.07, 6.45) is 0.960. The van der Waals surface area contributed by atoms with E-state index in [-0.39, 0.29) is 5.96 Å². The number of carbonyl (C=O) groups is 1. The molecule has 9 nitrogen and oxygen atoms in total. The van der Waals surface area contributed by atoms with Crippen molar-refractivity contribution in [2.75, 3.05) is 13.6 Å². The summed E-state index contributed by atoms with van der Waals surface area (Å²) in [7, 11) is 1.55. The quantitative estimate of drug-likeness (QED) is 0.130. The van der Waals surface area contributed by atoms with Crippen molar-refractivity contribution in [3.8, 4) is 0 Å². The highest BCUT2D eigenvalue weighted by Gasteiger charge is 2.19. The molecular formula is C7H16N6O3. The van der Waals surface area contributed by atoms with Crippen LogP contribution in [0, 0.1) is 10.1 Å². The Balaban J connectivity index is 3.96. The molecule has 0 bridgehead atoms. The molecule has 9 heteroatoms. The summed E-state index contributed by atoms with van der Waals surface area (Å²) in [5, 5.41) is 11.8. The van der Waals surface area contributed by atoms with Crippen molar-refractivity contribution in [1.82, 2.24) is 10.7 Å². The lowest BCUT2D eigenvalue weighted by molar-refractivity contribution is -0.530. The molecule has 1 atom stereocenters. The molecule has 0 unspecified atom stereocenters. The van der Waals surface area contributed by atoms with Gasteiger partial charge in [0.1, 0.15) is 0 Å². The molecule has 0 radical (unpaired) electrons. The normalized spacial score (nSPS) is 11.6. The van der Waals surface area contributed by atoms with Crippen LogP contribution in [0.1, 0.15) is 12.8 Å². The third kappa shape index (κ3) is 6.54. The van der Waals surface area contributed by atoms with Crippen LogP contribution in [0.5, 0.6) is 0 Å². The number of hydrazine groups is 1. The van der Waals surface area contributed by atoms with Crippen LogP contribution >= 0.6 is 0 Å². The van der Waals surface area contributed by atoms with Crippen LogP contribution in [0.25, 0.3) is 0 Å². The first-order valence-corrected chi connectivity index (χ1v) is 4.65. The Morgan fingerprint density at radius 1 is 1.56 bits per heavy atom. The smallest absolute Gasteiger partial charge is 0.297 e. The van der Waals surface area contributed by atoms with Gasteiger partial charge in [0.2, 0.25) is 0 Å². The Labute approximate surface area is 92.4 Å². The summed E-state index contributed by atoms with van der Waals surface area (Å²) >= 11 is 0. The van der Waals surface area contributed by atoms with Gasteiger partial charge in [-0.05, 0) is 19.9 Å². The van der Waals surface area contributed by atoms with Gasteiger partial charge in [-0.25, -0.2) is 10.1 Å². The average molecular weight is 232 g/mol. The maximum atomic E-state index is 11.2. The lowest BCUT2D eigenvalue weighted by Crippen LogP contribution is -2.44. The van der Waals surface area contributed by atoms with Gasteiger partial charge in [-0.2, -0.15) is 0 Å². The number of likely N-dealkylation sites (N-methyl/N-ethyl adjacent to an activating group) is 1. The largest absolute Gasteiger partial charge is 0.370 e. The Bertz CT molecular complexity index is 275.